The van der Waals surface area contributed by atoms with Gasteiger partial charge in [-0.25, -0.2) is 0 Å². The van der Waals surface area contributed by atoms with Crippen molar-refractivity contribution in [3.8, 4) is 0 Å². The molecule has 1 aliphatic heterocycles. The maximum Gasteiger partial charge on any atom is 0.320 e. The number of likely N-dealkylation sites (tertiary alicyclic amines) is 1. The molecule has 1 saturated heterocycles. The molecule has 1 heterocycles. The van der Waals surface area contributed by atoms with Crippen LogP contribution in [0.4, 0.5) is 0 Å². The molecular formula is C17H19Cl3N2O2S. The Morgan fingerprint density at radius 2 is 1.76 bits per heavy atom. The normalized spacial score (nSPS) is 16.4. The van der Waals surface area contributed by atoms with Gasteiger partial charge in [0.05, 0.1) is 4.92 Å². The van der Waals surface area contributed by atoms with E-state index in [-0.39, 0.29) is 15.2 Å². The smallest absolute Gasteiger partial charge is 0.320 e. The number of allylic oxidation sites excluding steroid dienone is 1. The van der Waals surface area contributed by atoms with Crippen LogP contribution >= 0.6 is 46.6 Å². The highest BCUT2D eigenvalue weighted by molar-refractivity contribution is 8.03. The van der Waals surface area contributed by atoms with E-state index in [2.05, 4.69) is 6.92 Å². The van der Waals surface area contributed by atoms with Crippen LogP contribution in [0.1, 0.15) is 25.3 Å². The van der Waals surface area contributed by atoms with E-state index in [0.29, 0.717) is 10.9 Å². The average molecular weight is 422 g/mol. The Bertz CT molecular complexity index is 692. The van der Waals surface area contributed by atoms with Crippen LogP contribution in [0.15, 0.2) is 49.4 Å². The van der Waals surface area contributed by atoms with Crippen molar-refractivity contribution in [3.05, 3.63) is 60.2 Å². The fraction of sp³-hybridized carbons (Fsp3) is 0.412. The number of thioether (sulfide) groups is 1. The van der Waals surface area contributed by atoms with E-state index >= 15 is 0 Å². The Hall–Kier alpha value is -0.880. The molecule has 0 radical (unpaired) electrons. The van der Waals surface area contributed by atoms with Gasteiger partial charge in [-0.1, -0.05) is 71.2 Å². The van der Waals surface area contributed by atoms with Crippen LogP contribution in [0.5, 0.6) is 0 Å². The highest BCUT2D eigenvalue weighted by atomic mass is 35.5. The molecular weight excluding hydrogens is 403 g/mol. The lowest BCUT2D eigenvalue weighted by atomic mass is 9.99. The summed E-state index contributed by atoms with van der Waals surface area (Å²) in [7, 11) is 0. The third-order valence-corrected chi connectivity index (χ3v) is 6.16. The molecule has 0 unspecified atom stereocenters. The van der Waals surface area contributed by atoms with Crippen molar-refractivity contribution < 1.29 is 4.92 Å². The number of nitrogens with zero attached hydrogens (tertiary/aromatic N) is 2. The van der Waals surface area contributed by atoms with Crippen molar-refractivity contribution in [2.24, 2.45) is 5.92 Å². The van der Waals surface area contributed by atoms with Gasteiger partial charge in [-0.15, -0.1) is 0 Å². The van der Waals surface area contributed by atoms with Crippen molar-refractivity contribution >= 4 is 46.6 Å². The third-order valence-electron chi connectivity index (χ3n) is 4.07. The summed E-state index contributed by atoms with van der Waals surface area (Å²) in [6.45, 7) is 5.64. The van der Waals surface area contributed by atoms with E-state index in [1.54, 1.807) is 0 Å². The van der Waals surface area contributed by atoms with Gasteiger partial charge in [0.1, 0.15) is 4.49 Å². The maximum absolute atomic E-state index is 11.7. The van der Waals surface area contributed by atoms with Crippen LogP contribution in [0, 0.1) is 23.0 Å². The average Bonchev–Trinajstić information content (AvgIpc) is 2.56. The number of nitro groups is 1. The summed E-state index contributed by atoms with van der Waals surface area (Å²) in [4.78, 5) is 14.1. The maximum atomic E-state index is 11.7. The summed E-state index contributed by atoms with van der Waals surface area (Å²) in [6.07, 6.45) is 1.94. The molecule has 1 aliphatic rings. The molecule has 0 atom stereocenters. The predicted octanol–water partition coefficient (Wildman–Crippen LogP) is 6.15. The molecule has 0 bridgehead atoms. The van der Waals surface area contributed by atoms with E-state index < -0.39 is 4.92 Å². The molecule has 0 N–H and O–H groups in total. The fourth-order valence-electron chi connectivity index (χ4n) is 2.53. The number of hydrogen-bond acceptors (Lipinski definition) is 4. The topological polar surface area (TPSA) is 46.4 Å². The molecule has 8 heteroatoms. The third kappa shape index (κ3) is 5.55. The van der Waals surface area contributed by atoms with Crippen molar-refractivity contribution in [1.29, 1.82) is 0 Å². The molecule has 0 aromatic heterocycles. The molecule has 4 nitrogen and oxygen atoms in total. The van der Waals surface area contributed by atoms with Crippen molar-refractivity contribution in [2.75, 3.05) is 13.1 Å². The number of piperidine rings is 1. The van der Waals surface area contributed by atoms with Crippen LogP contribution in [0.25, 0.3) is 0 Å². The van der Waals surface area contributed by atoms with Crippen molar-refractivity contribution in [3.63, 3.8) is 0 Å². The molecule has 0 aliphatic carbocycles. The molecule has 1 fully saturated rings. The van der Waals surface area contributed by atoms with Gasteiger partial charge in [0.2, 0.25) is 0 Å². The van der Waals surface area contributed by atoms with Crippen LogP contribution in [0.2, 0.25) is 0 Å². The summed E-state index contributed by atoms with van der Waals surface area (Å²) >= 11 is 18.9. The predicted molar refractivity (Wildman–Crippen MR) is 106 cm³/mol. The monoisotopic (exact) mass is 420 g/mol. The lowest BCUT2D eigenvalue weighted by molar-refractivity contribution is -0.421. The zero-order valence-corrected chi connectivity index (χ0v) is 17.1. The first-order chi connectivity index (χ1) is 11.8. The molecule has 0 saturated carbocycles. The lowest BCUT2D eigenvalue weighted by Gasteiger charge is -2.33. The second kappa shape index (κ2) is 9.17. The van der Waals surface area contributed by atoms with Gasteiger partial charge in [0.25, 0.3) is 0 Å². The summed E-state index contributed by atoms with van der Waals surface area (Å²) in [5.41, 5.74) is 0.875. The number of benzene rings is 1. The van der Waals surface area contributed by atoms with Crippen molar-refractivity contribution in [1.82, 2.24) is 4.90 Å². The zero-order valence-electron chi connectivity index (χ0n) is 14.0. The summed E-state index contributed by atoms with van der Waals surface area (Å²) in [5.74, 6) is 0.601. The van der Waals surface area contributed by atoms with Gasteiger partial charge in [-0.3, -0.25) is 10.1 Å². The molecule has 2 rings (SSSR count). The summed E-state index contributed by atoms with van der Waals surface area (Å²) in [5, 5.41) is 12.0. The summed E-state index contributed by atoms with van der Waals surface area (Å²) < 4.78 is -0.305. The number of aryl methyl sites for hydroxylation is 1. The van der Waals surface area contributed by atoms with Gasteiger partial charge in [0, 0.05) is 18.0 Å². The fourth-order valence-corrected chi connectivity index (χ4v) is 4.01. The Labute approximate surface area is 167 Å². The Morgan fingerprint density at radius 1 is 1.20 bits per heavy atom. The molecule has 1 aromatic rings. The Kier molecular flexibility index (Phi) is 7.50. The van der Waals surface area contributed by atoms with Crippen LogP contribution in [0.3, 0.4) is 0 Å². The Balaban J connectivity index is 2.49. The minimum absolute atomic E-state index is 0.235. The Morgan fingerprint density at radius 3 is 2.24 bits per heavy atom. The van der Waals surface area contributed by atoms with E-state index in [1.165, 1.54) is 11.8 Å². The van der Waals surface area contributed by atoms with E-state index in [4.69, 9.17) is 34.8 Å². The van der Waals surface area contributed by atoms with E-state index in [0.717, 1.165) is 36.4 Å². The van der Waals surface area contributed by atoms with Crippen molar-refractivity contribution in [2.45, 2.75) is 31.6 Å². The second-order valence-electron chi connectivity index (χ2n) is 6.07. The second-order valence-corrected chi connectivity index (χ2v) is 8.46. The largest absolute Gasteiger partial charge is 0.360 e. The molecule has 0 amide bonds. The first kappa shape index (κ1) is 20.4. The molecule has 1 aromatic carbocycles. The minimum atomic E-state index is -0.512. The van der Waals surface area contributed by atoms with Gasteiger partial charge in [-0.05, 0) is 37.8 Å². The van der Waals surface area contributed by atoms with E-state index in [9.17, 15) is 10.1 Å². The van der Waals surface area contributed by atoms with E-state index in [1.807, 2.05) is 36.1 Å². The zero-order chi connectivity index (χ0) is 18.6. The standard InChI is InChI=1S/C17H19Cl3N2O2S/c1-11-3-5-13(6-4-11)25-17(21-9-7-12(2)8-10-21)15(22(23)24)14(18)16(19)20/h3-6,12H,7-10H2,1-2H3/b17-15-. The highest BCUT2D eigenvalue weighted by Crippen LogP contribution is 2.39. The molecule has 25 heavy (non-hydrogen) atoms. The number of rotatable bonds is 5. The van der Waals surface area contributed by atoms with Crippen LogP contribution in [-0.4, -0.2) is 22.9 Å². The van der Waals surface area contributed by atoms with Gasteiger partial charge in [-0.2, -0.15) is 0 Å². The first-order valence-corrected chi connectivity index (χ1v) is 9.84. The van der Waals surface area contributed by atoms with Crippen LogP contribution in [-0.2, 0) is 0 Å². The summed E-state index contributed by atoms with van der Waals surface area (Å²) in [6, 6.07) is 7.81. The highest BCUT2D eigenvalue weighted by Gasteiger charge is 2.31. The molecule has 136 valence electrons. The SMILES string of the molecule is Cc1ccc(S/C(=C(/C(Cl)=C(Cl)Cl)[N+](=O)[O-])N2CCC(C)CC2)cc1. The number of halogens is 3. The quantitative estimate of drug-likeness (QED) is 0.247. The minimum Gasteiger partial charge on any atom is -0.360 e. The number of hydrogen-bond donors (Lipinski definition) is 0. The first-order valence-electron chi connectivity index (χ1n) is 7.89. The van der Waals surface area contributed by atoms with Gasteiger partial charge < -0.3 is 4.90 Å². The van der Waals surface area contributed by atoms with Gasteiger partial charge >= 0.3 is 5.70 Å². The lowest BCUT2D eigenvalue weighted by Crippen LogP contribution is -2.33. The molecule has 0 spiro atoms. The van der Waals surface area contributed by atoms with Gasteiger partial charge in [0.15, 0.2) is 10.1 Å². The van der Waals surface area contributed by atoms with Crippen LogP contribution < -0.4 is 0 Å².